The van der Waals surface area contributed by atoms with Crippen molar-refractivity contribution in [3.8, 4) is 11.5 Å². The minimum atomic E-state index is -0.661. The molecular formula is C25H32FN5O2. The summed E-state index contributed by atoms with van der Waals surface area (Å²) in [5.41, 5.74) is 1.70. The number of nitrogens with one attached hydrogen (secondary N) is 2. The van der Waals surface area contributed by atoms with Crippen LogP contribution < -0.4 is 20.3 Å². The molecule has 0 spiro atoms. The van der Waals surface area contributed by atoms with Crippen molar-refractivity contribution in [2.45, 2.75) is 38.3 Å². The lowest BCUT2D eigenvalue weighted by atomic mass is 9.86. The molecule has 3 aromatic rings. The summed E-state index contributed by atoms with van der Waals surface area (Å²) >= 11 is 0. The number of anilines is 2. The van der Waals surface area contributed by atoms with E-state index >= 15 is 0 Å². The molecule has 0 aliphatic heterocycles. The Balaban J connectivity index is 1.29. The molecule has 8 heteroatoms. The quantitative estimate of drug-likeness (QED) is 0.469. The predicted molar refractivity (Wildman–Crippen MR) is 130 cm³/mol. The Morgan fingerprint density at radius 2 is 1.88 bits per heavy atom. The highest BCUT2D eigenvalue weighted by molar-refractivity contribution is 5.90. The molecule has 4 rings (SSSR count). The number of aromatic hydroxyl groups is 1. The summed E-state index contributed by atoms with van der Waals surface area (Å²) in [6.45, 7) is 1.40. The van der Waals surface area contributed by atoms with E-state index in [0.717, 1.165) is 54.5 Å². The summed E-state index contributed by atoms with van der Waals surface area (Å²) in [5.74, 6) is 1.23. The molecule has 0 radical (unpaired) electrons. The average Bonchev–Trinajstić information content (AvgIpc) is 2.81. The Bertz CT molecular complexity index is 1100. The van der Waals surface area contributed by atoms with Gasteiger partial charge in [0.2, 0.25) is 5.95 Å². The van der Waals surface area contributed by atoms with Crippen molar-refractivity contribution in [3.05, 3.63) is 47.8 Å². The third-order valence-electron chi connectivity index (χ3n) is 6.26. The van der Waals surface area contributed by atoms with Gasteiger partial charge < -0.3 is 25.4 Å². The van der Waals surface area contributed by atoms with E-state index in [4.69, 9.17) is 14.7 Å². The monoisotopic (exact) mass is 453 g/mol. The molecule has 1 heterocycles. The minimum Gasteiger partial charge on any atom is -0.502 e. The number of fused-ring (bicyclic) bond motifs is 1. The van der Waals surface area contributed by atoms with Crippen LogP contribution in [0.4, 0.5) is 16.2 Å². The van der Waals surface area contributed by atoms with Crippen LogP contribution in [0.1, 0.15) is 31.2 Å². The lowest BCUT2D eigenvalue weighted by Gasteiger charge is -2.29. The molecular weight excluding hydrogens is 421 g/mol. The van der Waals surface area contributed by atoms with Gasteiger partial charge in [-0.15, -0.1) is 0 Å². The fourth-order valence-electron chi connectivity index (χ4n) is 4.46. The number of halogens is 1. The van der Waals surface area contributed by atoms with Crippen LogP contribution >= 0.6 is 0 Å². The smallest absolute Gasteiger partial charge is 0.225 e. The van der Waals surface area contributed by atoms with E-state index in [0.29, 0.717) is 24.5 Å². The van der Waals surface area contributed by atoms with Gasteiger partial charge in [-0.05, 0) is 68.0 Å². The van der Waals surface area contributed by atoms with Crippen molar-refractivity contribution in [2.24, 2.45) is 5.92 Å². The molecule has 0 atom stereocenters. The Labute approximate surface area is 194 Å². The number of nitrogens with zero attached hydrogens (tertiary/aromatic N) is 3. The fourth-order valence-corrected chi connectivity index (χ4v) is 4.46. The molecule has 33 heavy (non-hydrogen) atoms. The molecule has 0 unspecified atom stereocenters. The van der Waals surface area contributed by atoms with E-state index < -0.39 is 11.6 Å². The van der Waals surface area contributed by atoms with Crippen LogP contribution in [0.3, 0.4) is 0 Å². The van der Waals surface area contributed by atoms with E-state index in [1.54, 1.807) is 6.07 Å². The number of para-hydroxylation sites is 1. The second-order valence-electron chi connectivity index (χ2n) is 8.90. The van der Waals surface area contributed by atoms with Gasteiger partial charge in [0.05, 0.1) is 12.6 Å². The first-order valence-corrected chi connectivity index (χ1v) is 11.4. The summed E-state index contributed by atoms with van der Waals surface area (Å²) in [6.07, 6.45) is 4.32. The highest BCUT2D eigenvalue weighted by Gasteiger charge is 2.22. The molecule has 1 aliphatic rings. The largest absolute Gasteiger partial charge is 0.502 e. The van der Waals surface area contributed by atoms with Crippen molar-refractivity contribution in [3.63, 3.8) is 0 Å². The van der Waals surface area contributed by atoms with Gasteiger partial charge in [-0.1, -0.05) is 12.1 Å². The maximum atomic E-state index is 13.8. The van der Waals surface area contributed by atoms with Crippen molar-refractivity contribution < 1.29 is 14.2 Å². The number of hydrogen-bond acceptors (Lipinski definition) is 7. The number of benzene rings is 2. The van der Waals surface area contributed by atoms with Crippen LogP contribution in [0.2, 0.25) is 0 Å². The normalized spacial score (nSPS) is 18.3. The Kier molecular flexibility index (Phi) is 7.13. The second-order valence-corrected chi connectivity index (χ2v) is 8.90. The van der Waals surface area contributed by atoms with E-state index in [1.807, 2.05) is 37.2 Å². The Morgan fingerprint density at radius 3 is 2.61 bits per heavy atom. The summed E-state index contributed by atoms with van der Waals surface area (Å²) in [4.78, 5) is 11.5. The second kappa shape index (κ2) is 10.2. The number of methoxy groups -OCH3 is 1. The zero-order chi connectivity index (χ0) is 23.4. The number of phenolic OH excluding ortho intramolecular Hbond substituents is 1. The predicted octanol–water partition coefficient (Wildman–Crippen LogP) is 4.31. The van der Waals surface area contributed by atoms with Gasteiger partial charge in [0.15, 0.2) is 17.3 Å². The van der Waals surface area contributed by atoms with Crippen LogP contribution in [0.15, 0.2) is 36.4 Å². The van der Waals surface area contributed by atoms with Gasteiger partial charge in [-0.3, -0.25) is 0 Å². The lowest BCUT2D eigenvalue weighted by molar-refractivity contribution is 0.323. The van der Waals surface area contributed by atoms with Crippen molar-refractivity contribution in [2.75, 3.05) is 38.0 Å². The van der Waals surface area contributed by atoms with Gasteiger partial charge >= 0.3 is 0 Å². The molecule has 1 aliphatic carbocycles. The molecule has 0 amide bonds. The molecule has 7 nitrogen and oxygen atoms in total. The topological polar surface area (TPSA) is 82.5 Å². The summed E-state index contributed by atoms with van der Waals surface area (Å²) in [5, 5.41) is 17.7. The van der Waals surface area contributed by atoms with Crippen LogP contribution in [0, 0.1) is 11.7 Å². The number of ether oxygens (including phenoxy) is 1. The number of aromatic nitrogens is 2. The van der Waals surface area contributed by atoms with Crippen molar-refractivity contribution in [1.82, 2.24) is 15.3 Å². The van der Waals surface area contributed by atoms with Crippen LogP contribution in [0.25, 0.3) is 10.9 Å². The lowest BCUT2D eigenvalue weighted by Crippen LogP contribution is -2.31. The maximum Gasteiger partial charge on any atom is 0.225 e. The first kappa shape index (κ1) is 23.0. The number of rotatable bonds is 8. The molecule has 1 aromatic heterocycles. The van der Waals surface area contributed by atoms with E-state index in [-0.39, 0.29) is 5.75 Å². The van der Waals surface area contributed by atoms with E-state index in [2.05, 4.69) is 16.7 Å². The van der Waals surface area contributed by atoms with E-state index in [1.165, 1.54) is 13.2 Å². The van der Waals surface area contributed by atoms with Crippen LogP contribution in [-0.2, 0) is 6.54 Å². The Morgan fingerprint density at radius 1 is 1.12 bits per heavy atom. The molecule has 0 bridgehead atoms. The molecule has 1 fully saturated rings. The van der Waals surface area contributed by atoms with Gasteiger partial charge in [0.1, 0.15) is 5.82 Å². The van der Waals surface area contributed by atoms with Gasteiger partial charge in [0, 0.05) is 32.1 Å². The first-order valence-electron chi connectivity index (χ1n) is 11.4. The summed E-state index contributed by atoms with van der Waals surface area (Å²) in [7, 11) is 5.42. The molecule has 3 N–H and O–H groups in total. The van der Waals surface area contributed by atoms with E-state index in [9.17, 15) is 9.50 Å². The average molecular weight is 454 g/mol. The van der Waals surface area contributed by atoms with Crippen LogP contribution in [0.5, 0.6) is 11.5 Å². The highest BCUT2D eigenvalue weighted by Crippen LogP contribution is 2.31. The van der Waals surface area contributed by atoms with Crippen LogP contribution in [-0.4, -0.2) is 48.9 Å². The molecule has 1 saturated carbocycles. The minimum absolute atomic E-state index is 0.159. The first-order chi connectivity index (χ1) is 15.9. The highest BCUT2D eigenvalue weighted by atomic mass is 19.1. The standard InChI is InChI=1S/C25H32FN5O2/c1-31(2)24-19-6-4-5-7-21(19)29-25(30-24)28-18-10-8-16(9-11-18)14-27-15-17-12-20(26)23(32)22(13-17)33-3/h4-7,12-13,16,18,27,32H,8-11,14-15H2,1-3H3,(H,28,29,30). The summed E-state index contributed by atoms with van der Waals surface area (Å²) < 4.78 is 18.8. The van der Waals surface area contributed by atoms with Crippen molar-refractivity contribution >= 4 is 22.7 Å². The number of hydrogen-bond donors (Lipinski definition) is 3. The SMILES string of the molecule is COc1cc(CNCC2CCC(Nc3nc(N(C)C)c4ccccc4n3)CC2)cc(F)c1O. The third-order valence-corrected chi connectivity index (χ3v) is 6.26. The molecule has 0 saturated heterocycles. The molecule has 2 aromatic carbocycles. The fraction of sp³-hybridized carbons (Fsp3) is 0.440. The zero-order valence-electron chi connectivity index (χ0n) is 19.4. The molecule has 176 valence electrons. The van der Waals surface area contributed by atoms with Gasteiger partial charge in [-0.25, -0.2) is 9.37 Å². The van der Waals surface area contributed by atoms with Gasteiger partial charge in [-0.2, -0.15) is 4.98 Å². The number of phenols is 1. The zero-order valence-corrected chi connectivity index (χ0v) is 19.4. The maximum absolute atomic E-state index is 13.8. The Hall–Kier alpha value is -3.13. The third kappa shape index (κ3) is 5.45. The summed E-state index contributed by atoms with van der Waals surface area (Å²) in [6, 6.07) is 11.4. The van der Waals surface area contributed by atoms with Gasteiger partial charge in [0.25, 0.3) is 0 Å². The van der Waals surface area contributed by atoms with Crippen molar-refractivity contribution in [1.29, 1.82) is 0 Å².